The molecule has 2 aromatic carbocycles. The zero-order valence-corrected chi connectivity index (χ0v) is 17.5. The predicted octanol–water partition coefficient (Wildman–Crippen LogP) is 3.32. The molecule has 2 heterocycles. The minimum absolute atomic E-state index is 0.111. The summed E-state index contributed by atoms with van der Waals surface area (Å²) in [5.41, 5.74) is 3.40. The Labute approximate surface area is 178 Å². The van der Waals surface area contributed by atoms with Gasteiger partial charge in [0.15, 0.2) is 0 Å². The standard InChI is InChI=1S/C25H29N3O2/c1-18-22-10-6-7-11-23(22)25(30)28(18)19(2)24(29)26-21-13-16-27(17-14-21)15-12-20-8-4-3-5-9-20/h3-11,19,21H,1,12-17H2,2H3,(H,26,29)/t19-/m0/s1. The number of rotatable bonds is 6. The highest BCUT2D eigenvalue weighted by molar-refractivity contribution is 6.10. The van der Waals surface area contributed by atoms with E-state index in [9.17, 15) is 9.59 Å². The smallest absolute Gasteiger partial charge is 0.259 e. The van der Waals surface area contributed by atoms with Crippen LogP contribution in [0.3, 0.4) is 0 Å². The van der Waals surface area contributed by atoms with Gasteiger partial charge in [-0.15, -0.1) is 0 Å². The van der Waals surface area contributed by atoms with Crippen molar-refractivity contribution in [2.45, 2.75) is 38.3 Å². The van der Waals surface area contributed by atoms with E-state index in [0.717, 1.165) is 44.5 Å². The summed E-state index contributed by atoms with van der Waals surface area (Å²) in [5.74, 6) is -0.256. The molecule has 0 unspecified atom stereocenters. The summed E-state index contributed by atoms with van der Waals surface area (Å²) in [7, 11) is 0. The molecule has 2 aromatic rings. The largest absolute Gasteiger partial charge is 0.351 e. The van der Waals surface area contributed by atoms with Crippen molar-refractivity contribution in [3.8, 4) is 0 Å². The molecule has 5 heteroatoms. The number of nitrogens with one attached hydrogen (secondary N) is 1. The molecular weight excluding hydrogens is 374 g/mol. The van der Waals surface area contributed by atoms with Gasteiger partial charge in [-0.3, -0.25) is 14.5 Å². The summed E-state index contributed by atoms with van der Waals surface area (Å²) in [6.07, 6.45) is 2.92. The predicted molar refractivity (Wildman–Crippen MR) is 119 cm³/mol. The number of fused-ring (bicyclic) bond motifs is 1. The molecule has 2 aliphatic heterocycles. The molecule has 156 valence electrons. The second kappa shape index (κ2) is 8.84. The van der Waals surface area contributed by atoms with Gasteiger partial charge in [0, 0.05) is 42.5 Å². The maximum Gasteiger partial charge on any atom is 0.259 e. The fraction of sp³-hybridized carbons (Fsp3) is 0.360. The van der Waals surface area contributed by atoms with E-state index in [1.807, 2.05) is 24.3 Å². The van der Waals surface area contributed by atoms with Crippen LogP contribution in [0.2, 0.25) is 0 Å². The fourth-order valence-corrected chi connectivity index (χ4v) is 4.38. The number of benzene rings is 2. The van der Waals surface area contributed by atoms with E-state index in [-0.39, 0.29) is 17.9 Å². The maximum atomic E-state index is 12.9. The van der Waals surface area contributed by atoms with Crippen LogP contribution in [-0.4, -0.2) is 53.3 Å². The average Bonchev–Trinajstić information content (AvgIpc) is 3.04. The van der Waals surface area contributed by atoms with Crippen molar-refractivity contribution in [2.75, 3.05) is 19.6 Å². The van der Waals surface area contributed by atoms with Gasteiger partial charge in [0.2, 0.25) is 5.91 Å². The quantitative estimate of drug-likeness (QED) is 0.805. The first kappa shape index (κ1) is 20.4. The molecule has 0 aliphatic carbocycles. The average molecular weight is 404 g/mol. The number of amides is 2. The van der Waals surface area contributed by atoms with Crippen LogP contribution in [-0.2, 0) is 11.2 Å². The zero-order chi connectivity index (χ0) is 21.1. The molecule has 2 amide bonds. The molecule has 5 nitrogen and oxygen atoms in total. The van der Waals surface area contributed by atoms with E-state index >= 15 is 0 Å². The zero-order valence-electron chi connectivity index (χ0n) is 17.5. The van der Waals surface area contributed by atoms with Gasteiger partial charge in [-0.1, -0.05) is 55.1 Å². The number of hydrogen-bond donors (Lipinski definition) is 1. The van der Waals surface area contributed by atoms with Crippen molar-refractivity contribution in [1.29, 1.82) is 0 Å². The highest BCUT2D eigenvalue weighted by Gasteiger charge is 2.37. The Morgan fingerprint density at radius 2 is 1.70 bits per heavy atom. The summed E-state index contributed by atoms with van der Waals surface area (Å²) in [4.78, 5) is 29.6. The van der Waals surface area contributed by atoms with E-state index in [1.54, 1.807) is 13.0 Å². The van der Waals surface area contributed by atoms with Gasteiger partial charge in [-0.05, 0) is 37.8 Å². The molecular formula is C25H29N3O2. The van der Waals surface area contributed by atoms with Gasteiger partial charge in [0.05, 0.1) is 0 Å². The summed E-state index contributed by atoms with van der Waals surface area (Å²) in [5, 5.41) is 3.16. The van der Waals surface area contributed by atoms with Crippen molar-refractivity contribution in [1.82, 2.24) is 15.1 Å². The van der Waals surface area contributed by atoms with E-state index in [1.165, 1.54) is 10.5 Å². The Balaban J connectivity index is 1.27. The van der Waals surface area contributed by atoms with Crippen molar-refractivity contribution in [2.24, 2.45) is 0 Å². The van der Waals surface area contributed by atoms with E-state index in [4.69, 9.17) is 0 Å². The molecule has 4 rings (SSSR count). The molecule has 1 atom stereocenters. The topological polar surface area (TPSA) is 52.7 Å². The van der Waals surface area contributed by atoms with Crippen LogP contribution in [0, 0.1) is 0 Å². The monoisotopic (exact) mass is 403 g/mol. The lowest BCUT2D eigenvalue weighted by molar-refractivity contribution is -0.125. The van der Waals surface area contributed by atoms with Crippen LogP contribution in [0.4, 0.5) is 0 Å². The lowest BCUT2D eigenvalue weighted by Crippen LogP contribution is -2.51. The van der Waals surface area contributed by atoms with E-state index in [0.29, 0.717) is 11.3 Å². The first-order valence-electron chi connectivity index (χ1n) is 10.7. The van der Waals surface area contributed by atoms with Crippen molar-refractivity contribution < 1.29 is 9.59 Å². The molecule has 0 saturated carbocycles. The SMILES string of the molecule is C=C1c2ccccc2C(=O)N1[C@@H](C)C(=O)NC1CCN(CCc2ccccc2)CC1. The van der Waals surface area contributed by atoms with Crippen molar-refractivity contribution in [3.63, 3.8) is 0 Å². The first-order chi connectivity index (χ1) is 14.5. The number of likely N-dealkylation sites (tertiary alicyclic amines) is 1. The summed E-state index contributed by atoms with van der Waals surface area (Å²) in [6, 6.07) is 17.5. The van der Waals surface area contributed by atoms with Crippen LogP contribution in [0.5, 0.6) is 0 Å². The molecule has 0 aromatic heterocycles. The number of hydrogen-bond acceptors (Lipinski definition) is 3. The molecule has 0 bridgehead atoms. The second-order valence-corrected chi connectivity index (χ2v) is 8.20. The lowest BCUT2D eigenvalue weighted by Gasteiger charge is -2.33. The van der Waals surface area contributed by atoms with Crippen molar-refractivity contribution in [3.05, 3.63) is 77.9 Å². The van der Waals surface area contributed by atoms with Crippen LogP contribution in [0.15, 0.2) is 61.2 Å². The molecule has 0 radical (unpaired) electrons. The number of piperidine rings is 1. The third-order valence-corrected chi connectivity index (χ3v) is 6.24. The fourth-order valence-electron chi connectivity index (χ4n) is 4.38. The Morgan fingerprint density at radius 3 is 2.37 bits per heavy atom. The molecule has 30 heavy (non-hydrogen) atoms. The number of carbonyl (C=O) groups excluding carboxylic acids is 2. The minimum atomic E-state index is -0.575. The van der Waals surface area contributed by atoms with Crippen LogP contribution >= 0.6 is 0 Å². The highest BCUT2D eigenvalue weighted by atomic mass is 16.2. The normalized spacial score (nSPS) is 18.4. The van der Waals surface area contributed by atoms with Gasteiger partial charge >= 0.3 is 0 Å². The number of nitrogens with zero attached hydrogens (tertiary/aromatic N) is 2. The summed E-state index contributed by atoms with van der Waals surface area (Å²) in [6.45, 7) is 8.83. The Hall–Kier alpha value is -2.92. The van der Waals surface area contributed by atoms with E-state index in [2.05, 4.69) is 41.1 Å². The molecule has 1 N–H and O–H groups in total. The third-order valence-electron chi connectivity index (χ3n) is 6.24. The van der Waals surface area contributed by atoms with Gasteiger partial charge in [0.1, 0.15) is 6.04 Å². The third kappa shape index (κ3) is 4.17. The Morgan fingerprint density at radius 1 is 1.07 bits per heavy atom. The van der Waals surface area contributed by atoms with E-state index < -0.39 is 6.04 Å². The van der Waals surface area contributed by atoms with Crippen LogP contribution in [0.25, 0.3) is 5.70 Å². The first-order valence-corrected chi connectivity index (χ1v) is 10.7. The van der Waals surface area contributed by atoms with Crippen molar-refractivity contribution >= 4 is 17.5 Å². The molecule has 1 saturated heterocycles. The Bertz CT molecular complexity index is 897. The minimum Gasteiger partial charge on any atom is -0.351 e. The maximum absolute atomic E-state index is 12.9. The second-order valence-electron chi connectivity index (χ2n) is 8.20. The van der Waals surface area contributed by atoms with Crippen LogP contribution < -0.4 is 5.32 Å². The van der Waals surface area contributed by atoms with Gasteiger partial charge in [-0.25, -0.2) is 0 Å². The van der Waals surface area contributed by atoms with Crippen LogP contribution in [0.1, 0.15) is 41.3 Å². The Kier molecular flexibility index (Phi) is 6.00. The summed E-state index contributed by atoms with van der Waals surface area (Å²) >= 11 is 0. The number of carbonyl (C=O) groups is 2. The molecule has 1 fully saturated rings. The lowest BCUT2D eigenvalue weighted by atomic mass is 10.0. The molecule has 0 spiro atoms. The highest BCUT2D eigenvalue weighted by Crippen LogP contribution is 2.32. The summed E-state index contributed by atoms with van der Waals surface area (Å²) < 4.78 is 0. The molecule has 2 aliphatic rings. The van der Waals surface area contributed by atoms with Gasteiger partial charge in [0.25, 0.3) is 5.91 Å². The van der Waals surface area contributed by atoms with Gasteiger partial charge in [-0.2, -0.15) is 0 Å². The van der Waals surface area contributed by atoms with Gasteiger partial charge < -0.3 is 10.2 Å².